The van der Waals surface area contributed by atoms with Gasteiger partial charge in [0.25, 0.3) is 0 Å². The summed E-state index contributed by atoms with van der Waals surface area (Å²) in [7, 11) is 0. The molecule has 178 valence electrons. The molecule has 1 saturated heterocycles. The maximum Gasteiger partial charge on any atom is 0.321 e. The molecule has 4 rings (SSSR count). The van der Waals surface area contributed by atoms with Crippen LogP contribution in [0.15, 0.2) is 60.7 Å². The molecule has 3 aromatic rings. The summed E-state index contributed by atoms with van der Waals surface area (Å²) in [6.07, 6.45) is 0. The number of rotatable bonds is 5. The second-order valence-corrected chi connectivity index (χ2v) is 9.47. The van der Waals surface area contributed by atoms with Gasteiger partial charge in [-0.25, -0.2) is 4.79 Å². The van der Waals surface area contributed by atoms with E-state index in [0.717, 1.165) is 28.5 Å². The third-order valence-electron chi connectivity index (χ3n) is 6.00. The molecule has 0 spiro atoms. The van der Waals surface area contributed by atoms with Gasteiger partial charge in [-0.05, 0) is 66.4 Å². The second-order valence-electron chi connectivity index (χ2n) is 9.47. The Morgan fingerprint density at radius 2 is 1.59 bits per heavy atom. The molecule has 0 atom stereocenters. The van der Waals surface area contributed by atoms with Crippen LogP contribution in [0, 0.1) is 0 Å². The summed E-state index contributed by atoms with van der Waals surface area (Å²) in [6.45, 7) is 11.8. The van der Waals surface area contributed by atoms with Crippen LogP contribution < -0.4 is 15.0 Å². The Hall–Kier alpha value is -3.61. The molecule has 1 N–H and O–H groups in total. The summed E-state index contributed by atoms with van der Waals surface area (Å²) in [5.41, 5.74) is 3.97. The van der Waals surface area contributed by atoms with E-state index in [1.54, 1.807) is 0 Å². The lowest BCUT2D eigenvalue weighted by Crippen LogP contribution is -2.50. The van der Waals surface area contributed by atoms with Crippen LogP contribution in [-0.2, 0) is 5.41 Å². The highest BCUT2D eigenvalue weighted by molar-refractivity contribution is 5.89. The standard InChI is InChI=1S/C27H33N5O2/c1-5-34-23-12-6-20(7-13-23)24-14-15-25(30-29-24)31-16-18-32(19-17-31)26(33)28-22-10-8-21(9-11-22)27(2,3)4/h6-15H,5,16-19H2,1-4H3,(H,28,33). The van der Waals surface area contributed by atoms with Crippen LogP contribution >= 0.6 is 0 Å². The van der Waals surface area contributed by atoms with Crippen LogP contribution in [-0.4, -0.2) is 53.9 Å². The van der Waals surface area contributed by atoms with Gasteiger partial charge in [-0.1, -0.05) is 32.9 Å². The van der Waals surface area contributed by atoms with Gasteiger partial charge in [-0.15, -0.1) is 10.2 Å². The van der Waals surface area contributed by atoms with Crippen molar-refractivity contribution in [1.82, 2.24) is 15.1 Å². The van der Waals surface area contributed by atoms with Crippen LogP contribution in [0.2, 0.25) is 0 Å². The number of ether oxygens (including phenoxy) is 1. The average Bonchev–Trinajstić information content (AvgIpc) is 2.85. The van der Waals surface area contributed by atoms with Gasteiger partial charge in [0.05, 0.1) is 12.3 Å². The first-order chi connectivity index (χ1) is 16.3. The van der Waals surface area contributed by atoms with Gasteiger partial charge in [0.1, 0.15) is 5.75 Å². The number of nitrogens with one attached hydrogen (secondary N) is 1. The lowest BCUT2D eigenvalue weighted by atomic mass is 9.87. The molecule has 2 heterocycles. The van der Waals surface area contributed by atoms with Crippen molar-refractivity contribution in [3.05, 3.63) is 66.2 Å². The minimum Gasteiger partial charge on any atom is -0.494 e. The van der Waals surface area contributed by atoms with E-state index in [-0.39, 0.29) is 11.4 Å². The second kappa shape index (κ2) is 10.1. The van der Waals surface area contributed by atoms with Crippen LogP contribution in [0.1, 0.15) is 33.3 Å². The predicted octanol–water partition coefficient (Wildman–Crippen LogP) is 5.19. The van der Waals surface area contributed by atoms with Crippen LogP contribution in [0.4, 0.5) is 16.3 Å². The zero-order chi connectivity index (χ0) is 24.1. The first-order valence-corrected chi connectivity index (χ1v) is 11.8. The fourth-order valence-electron chi connectivity index (χ4n) is 3.93. The number of hydrogen-bond donors (Lipinski definition) is 1. The molecule has 2 aromatic carbocycles. The summed E-state index contributed by atoms with van der Waals surface area (Å²) in [4.78, 5) is 16.7. The normalized spacial score (nSPS) is 14.1. The van der Waals surface area contributed by atoms with Crippen LogP contribution in [0.3, 0.4) is 0 Å². The first-order valence-electron chi connectivity index (χ1n) is 11.8. The minimum atomic E-state index is -0.0694. The maximum atomic E-state index is 12.7. The van der Waals surface area contributed by atoms with E-state index in [1.807, 2.05) is 60.4 Å². The van der Waals surface area contributed by atoms with Crippen molar-refractivity contribution >= 4 is 17.5 Å². The number of benzene rings is 2. The fraction of sp³-hybridized carbons (Fsp3) is 0.370. The SMILES string of the molecule is CCOc1ccc(-c2ccc(N3CCN(C(=O)Nc4ccc(C(C)(C)C)cc4)CC3)nn2)cc1. The Bertz CT molecular complexity index is 1080. The number of piperazine rings is 1. The Labute approximate surface area is 201 Å². The molecule has 1 aromatic heterocycles. The third kappa shape index (κ3) is 5.65. The van der Waals surface area contributed by atoms with E-state index in [1.165, 1.54) is 5.56 Å². The van der Waals surface area contributed by atoms with Crippen molar-refractivity contribution < 1.29 is 9.53 Å². The molecule has 7 nitrogen and oxygen atoms in total. The smallest absolute Gasteiger partial charge is 0.321 e. The topological polar surface area (TPSA) is 70.6 Å². The largest absolute Gasteiger partial charge is 0.494 e. The Morgan fingerprint density at radius 1 is 0.912 bits per heavy atom. The number of carbonyl (C=O) groups excluding carboxylic acids is 1. The highest BCUT2D eigenvalue weighted by Gasteiger charge is 2.22. The van der Waals surface area contributed by atoms with E-state index in [4.69, 9.17) is 4.74 Å². The Balaban J connectivity index is 1.30. The number of carbonyl (C=O) groups is 1. The predicted molar refractivity (Wildman–Crippen MR) is 137 cm³/mol. The molecular formula is C27H33N5O2. The van der Waals surface area contributed by atoms with E-state index < -0.39 is 0 Å². The number of nitrogens with zero attached hydrogens (tertiary/aromatic N) is 4. The van der Waals surface area contributed by atoms with Crippen molar-refractivity contribution in [2.75, 3.05) is 43.0 Å². The van der Waals surface area contributed by atoms with Crippen molar-refractivity contribution in [2.45, 2.75) is 33.1 Å². The summed E-state index contributed by atoms with van der Waals surface area (Å²) in [6, 6.07) is 19.9. The van der Waals surface area contributed by atoms with Crippen molar-refractivity contribution in [3.8, 4) is 17.0 Å². The van der Waals surface area contributed by atoms with Gasteiger partial charge in [0, 0.05) is 37.4 Å². The number of aromatic nitrogens is 2. The van der Waals surface area contributed by atoms with Gasteiger partial charge in [0.2, 0.25) is 0 Å². The number of amides is 2. The quantitative estimate of drug-likeness (QED) is 0.568. The zero-order valence-electron chi connectivity index (χ0n) is 20.4. The zero-order valence-corrected chi connectivity index (χ0v) is 20.4. The lowest BCUT2D eigenvalue weighted by Gasteiger charge is -2.35. The van der Waals surface area contributed by atoms with E-state index in [0.29, 0.717) is 32.8 Å². The van der Waals surface area contributed by atoms with Crippen molar-refractivity contribution in [3.63, 3.8) is 0 Å². The van der Waals surface area contributed by atoms with E-state index >= 15 is 0 Å². The van der Waals surface area contributed by atoms with Crippen LogP contribution in [0.5, 0.6) is 5.75 Å². The van der Waals surface area contributed by atoms with Gasteiger partial charge in [-0.3, -0.25) is 0 Å². The molecule has 0 bridgehead atoms. The minimum absolute atomic E-state index is 0.0694. The van der Waals surface area contributed by atoms with Crippen molar-refractivity contribution in [1.29, 1.82) is 0 Å². The Morgan fingerprint density at radius 3 is 2.15 bits per heavy atom. The number of hydrogen-bond acceptors (Lipinski definition) is 5. The average molecular weight is 460 g/mol. The molecular weight excluding hydrogens is 426 g/mol. The summed E-state index contributed by atoms with van der Waals surface area (Å²) < 4.78 is 5.50. The summed E-state index contributed by atoms with van der Waals surface area (Å²) in [5.74, 6) is 1.67. The molecule has 0 unspecified atom stereocenters. The molecule has 34 heavy (non-hydrogen) atoms. The van der Waals surface area contributed by atoms with Crippen molar-refractivity contribution in [2.24, 2.45) is 0 Å². The maximum absolute atomic E-state index is 12.7. The third-order valence-corrected chi connectivity index (χ3v) is 6.00. The molecule has 1 fully saturated rings. The number of urea groups is 1. The van der Waals surface area contributed by atoms with E-state index in [2.05, 4.69) is 53.3 Å². The van der Waals surface area contributed by atoms with Crippen LogP contribution in [0.25, 0.3) is 11.3 Å². The molecule has 0 saturated carbocycles. The lowest BCUT2D eigenvalue weighted by molar-refractivity contribution is 0.208. The number of anilines is 2. The first kappa shape index (κ1) is 23.5. The van der Waals surface area contributed by atoms with Gasteiger partial charge < -0.3 is 19.9 Å². The summed E-state index contributed by atoms with van der Waals surface area (Å²) in [5, 5.41) is 11.9. The van der Waals surface area contributed by atoms with Gasteiger partial charge in [-0.2, -0.15) is 0 Å². The molecule has 0 radical (unpaired) electrons. The molecule has 2 amide bonds. The van der Waals surface area contributed by atoms with E-state index in [9.17, 15) is 4.79 Å². The summed E-state index contributed by atoms with van der Waals surface area (Å²) >= 11 is 0. The highest BCUT2D eigenvalue weighted by atomic mass is 16.5. The molecule has 1 aliphatic rings. The fourth-order valence-corrected chi connectivity index (χ4v) is 3.93. The van der Waals surface area contributed by atoms with Gasteiger partial charge >= 0.3 is 6.03 Å². The monoisotopic (exact) mass is 459 g/mol. The molecule has 7 heteroatoms. The van der Waals surface area contributed by atoms with Gasteiger partial charge in [0.15, 0.2) is 5.82 Å². The molecule has 0 aliphatic carbocycles. The highest BCUT2D eigenvalue weighted by Crippen LogP contribution is 2.24. The Kier molecular flexibility index (Phi) is 7.01. The molecule has 1 aliphatic heterocycles.